The quantitative estimate of drug-likeness (QED) is 0.437. The van der Waals surface area contributed by atoms with E-state index in [9.17, 15) is 9.59 Å². The number of benzene rings is 2. The van der Waals surface area contributed by atoms with E-state index < -0.39 is 5.54 Å². The molecule has 7 nitrogen and oxygen atoms in total. The zero-order valence-corrected chi connectivity index (χ0v) is 25.1. The molecule has 39 heavy (non-hydrogen) atoms. The minimum atomic E-state index is -0.604. The van der Waals surface area contributed by atoms with Gasteiger partial charge in [-0.3, -0.25) is 4.79 Å². The molecule has 5 rings (SSSR count). The van der Waals surface area contributed by atoms with Crippen LogP contribution in [0.2, 0.25) is 10.0 Å². The summed E-state index contributed by atoms with van der Waals surface area (Å²) in [6.07, 6.45) is 0. The van der Waals surface area contributed by atoms with Crippen LogP contribution in [0, 0.1) is 5.92 Å². The number of piperazine rings is 1. The molecule has 0 spiro atoms. The van der Waals surface area contributed by atoms with Gasteiger partial charge in [0, 0.05) is 56.0 Å². The number of urea groups is 1. The topological polar surface area (TPSA) is 59.5 Å². The van der Waals surface area contributed by atoms with Crippen LogP contribution in [-0.4, -0.2) is 77.0 Å². The first-order valence-electron chi connectivity index (χ1n) is 13.1. The molecule has 0 unspecified atom stereocenters. The van der Waals surface area contributed by atoms with E-state index in [-0.39, 0.29) is 23.9 Å². The maximum absolute atomic E-state index is 13.9. The van der Waals surface area contributed by atoms with E-state index in [0.29, 0.717) is 41.1 Å². The number of allylic oxidation sites excluding steroid dienone is 1. The minimum Gasteiger partial charge on any atom is -0.335 e. The van der Waals surface area contributed by atoms with Gasteiger partial charge in [-0.05, 0) is 60.0 Å². The second-order valence-corrected chi connectivity index (χ2v) is 12.7. The van der Waals surface area contributed by atoms with Crippen LogP contribution in [0.1, 0.15) is 37.9 Å². The van der Waals surface area contributed by atoms with Crippen LogP contribution in [0.4, 0.5) is 4.79 Å². The van der Waals surface area contributed by atoms with Gasteiger partial charge in [0.05, 0.1) is 6.04 Å². The third-order valence-corrected chi connectivity index (χ3v) is 9.15. The maximum atomic E-state index is 13.9. The van der Waals surface area contributed by atoms with Crippen LogP contribution in [0.5, 0.6) is 0 Å². The molecular formula is C29H33Cl2N5O2S. The fourth-order valence-corrected chi connectivity index (χ4v) is 7.22. The number of hydrogen-bond donors (Lipinski definition) is 0. The van der Waals surface area contributed by atoms with Gasteiger partial charge in [-0.2, -0.15) is 0 Å². The summed E-state index contributed by atoms with van der Waals surface area (Å²) in [7, 11) is 3.50. The van der Waals surface area contributed by atoms with Crippen LogP contribution in [0.15, 0.2) is 64.1 Å². The number of hydrogen-bond acceptors (Lipinski definition) is 5. The van der Waals surface area contributed by atoms with Crippen LogP contribution in [0.25, 0.3) is 0 Å². The molecule has 3 amide bonds. The summed E-state index contributed by atoms with van der Waals surface area (Å²) in [5, 5.41) is 2.17. The number of amidine groups is 1. The van der Waals surface area contributed by atoms with Crippen molar-refractivity contribution in [2.75, 3.05) is 40.3 Å². The molecule has 0 N–H and O–H groups in total. The average molecular weight is 587 g/mol. The Morgan fingerprint density at radius 3 is 2.03 bits per heavy atom. The zero-order chi connectivity index (χ0) is 28.1. The molecular weight excluding hydrogens is 553 g/mol. The number of amides is 3. The Hall–Kier alpha value is -2.68. The van der Waals surface area contributed by atoms with Gasteiger partial charge in [0.25, 0.3) is 5.91 Å². The number of rotatable bonds is 4. The molecule has 0 aromatic heterocycles. The molecule has 0 bridgehead atoms. The Balaban J connectivity index is 1.51. The number of nitrogens with zero attached hydrogens (tertiary/aromatic N) is 5. The number of fused-ring (bicyclic) bond motifs is 1. The first kappa shape index (κ1) is 27.9. The van der Waals surface area contributed by atoms with E-state index in [1.807, 2.05) is 53.4 Å². The molecule has 2 aromatic rings. The molecule has 1 saturated heterocycles. The Labute approximate surface area is 244 Å². The fraction of sp³-hybridized carbons (Fsp3) is 0.414. The average Bonchev–Trinajstić information content (AvgIpc) is 3.41. The van der Waals surface area contributed by atoms with Crippen LogP contribution in [-0.2, 0) is 10.3 Å². The number of aliphatic imine (C=N–C) groups is 1. The van der Waals surface area contributed by atoms with Crippen molar-refractivity contribution in [3.8, 4) is 0 Å². The number of halogens is 2. The van der Waals surface area contributed by atoms with Crippen molar-refractivity contribution < 1.29 is 9.59 Å². The minimum absolute atomic E-state index is 0.000745. The Morgan fingerprint density at radius 2 is 1.49 bits per heavy atom. The number of thioether (sulfide) groups is 1. The van der Waals surface area contributed by atoms with Gasteiger partial charge >= 0.3 is 6.03 Å². The molecule has 3 heterocycles. The van der Waals surface area contributed by atoms with Gasteiger partial charge < -0.3 is 19.6 Å². The molecule has 3 aliphatic heterocycles. The highest BCUT2D eigenvalue weighted by Gasteiger charge is 2.53. The molecule has 3 aliphatic rings. The van der Waals surface area contributed by atoms with Gasteiger partial charge in [0.15, 0.2) is 5.17 Å². The summed E-state index contributed by atoms with van der Waals surface area (Å²) in [5.74, 6) is 0.0870. The van der Waals surface area contributed by atoms with Crippen molar-refractivity contribution in [2.45, 2.75) is 32.4 Å². The smallest absolute Gasteiger partial charge is 0.319 e. The molecule has 206 valence electrons. The van der Waals surface area contributed by atoms with Crippen molar-refractivity contribution >= 4 is 52.1 Å². The lowest BCUT2D eigenvalue weighted by Gasteiger charge is -2.38. The summed E-state index contributed by atoms with van der Waals surface area (Å²) < 4.78 is 0. The molecule has 2 aromatic carbocycles. The molecule has 1 fully saturated rings. The zero-order valence-electron chi connectivity index (χ0n) is 22.8. The lowest BCUT2D eigenvalue weighted by molar-refractivity contribution is -0.127. The summed E-state index contributed by atoms with van der Waals surface area (Å²) in [4.78, 5) is 39.8. The second-order valence-electron chi connectivity index (χ2n) is 10.8. The lowest BCUT2D eigenvalue weighted by Crippen LogP contribution is -2.53. The molecule has 0 saturated carbocycles. The predicted octanol–water partition coefficient (Wildman–Crippen LogP) is 6.06. The normalized spacial score (nSPS) is 22.9. The van der Waals surface area contributed by atoms with E-state index in [1.165, 1.54) is 11.8 Å². The summed E-state index contributed by atoms with van der Waals surface area (Å²) in [6, 6.07) is 15.5. The summed E-state index contributed by atoms with van der Waals surface area (Å²) in [5.41, 5.74) is 2.49. The predicted molar refractivity (Wildman–Crippen MR) is 159 cm³/mol. The number of carbonyl (C=O) groups is 2. The van der Waals surface area contributed by atoms with Gasteiger partial charge in [0.1, 0.15) is 10.4 Å². The second kappa shape index (κ2) is 10.7. The first-order chi connectivity index (χ1) is 18.5. The van der Waals surface area contributed by atoms with Crippen LogP contribution >= 0.6 is 35.0 Å². The molecule has 2 atom stereocenters. The van der Waals surface area contributed by atoms with Crippen molar-refractivity contribution in [1.82, 2.24) is 19.6 Å². The molecule has 0 aliphatic carbocycles. The fourth-order valence-electron chi connectivity index (χ4n) is 5.59. The molecule has 10 heteroatoms. The van der Waals surface area contributed by atoms with Crippen LogP contribution < -0.4 is 0 Å². The summed E-state index contributed by atoms with van der Waals surface area (Å²) in [6.45, 7) is 8.43. The lowest BCUT2D eigenvalue weighted by atomic mass is 9.81. The highest BCUT2D eigenvalue weighted by molar-refractivity contribution is 8.18. The maximum Gasteiger partial charge on any atom is 0.319 e. The Kier molecular flexibility index (Phi) is 7.65. The monoisotopic (exact) mass is 585 g/mol. The van der Waals surface area contributed by atoms with E-state index in [4.69, 9.17) is 28.2 Å². The van der Waals surface area contributed by atoms with Crippen molar-refractivity contribution in [1.29, 1.82) is 0 Å². The third kappa shape index (κ3) is 5.03. The standard InChI is InChI=1S/C29H33Cl2N5O2S/c1-18(2)23-24(26(37)34-14-16-35(17-15-34)28(38)33(4)5)39-27-32-29(3,20-8-12-22(31)13-9-20)25(36(23)27)19-6-10-21(30)11-7-19/h6-13,18,25H,14-17H2,1-5H3/t25-,29+/m1/s1. The highest BCUT2D eigenvalue weighted by Crippen LogP contribution is 2.56. The summed E-state index contributed by atoms with van der Waals surface area (Å²) >= 11 is 13.9. The van der Waals surface area contributed by atoms with E-state index in [2.05, 4.69) is 25.7 Å². The van der Waals surface area contributed by atoms with Gasteiger partial charge in [-0.25, -0.2) is 9.79 Å². The third-order valence-electron chi connectivity index (χ3n) is 7.59. The van der Waals surface area contributed by atoms with Crippen LogP contribution in [0.3, 0.4) is 0 Å². The van der Waals surface area contributed by atoms with Crippen molar-refractivity contribution in [3.05, 3.63) is 80.3 Å². The SMILES string of the molecule is CC(C)C1=C(C(=O)N2CCN(C(=O)N(C)C)CC2)SC2=N[C@@](C)(c3ccc(Cl)cc3)[C@@H](c3ccc(Cl)cc3)N21. The van der Waals surface area contributed by atoms with Gasteiger partial charge in [-0.15, -0.1) is 0 Å². The molecule has 0 radical (unpaired) electrons. The van der Waals surface area contributed by atoms with E-state index >= 15 is 0 Å². The first-order valence-corrected chi connectivity index (χ1v) is 14.7. The van der Waals surface area contributed by atoms with Crippen molar-refractivity contribution in [3.63, 3.8) is 0 Å². The Morgan fingerprint density at radius 1 is 0.949 bits per heavy atom. The van der Waals surface area contributed by atoms with Gasteiger partial charge in [0.2, 0.25) is 0 Å². The van der Waals surface area contributed by atoms with Gasteiger partial charge in [-0.1, -0.05) is 61.3 Å². The van der Waals surface area contributed by atoms with E-state index in [0.717, 1.165) is 22.0 Å². The Bertz CT molecular complexity index is 1330. The highest BCUT2D eigenvalue weighted by atomic mass is 35.5. The van der Waals surface area contributed by atoms with Crippen molar-refractivity contribution in [2.24, 2.45) is 10.9 Å². The number of carbonyl (C=O) groups excluding carboxylic acids is 2. The largest absolute Gasteiger partial charge is 0.335 e. The van der Waals surface area contributed by atoms with E-state index in [1.54, 1.807) is 23.9 Å².